The highest BCUT2D eigenvalue weighted by atomic mass is 79.9. The minimum absolute atomic E-state index is 0.106. The van der Waals surface area contributed by atoms with Gasteiger partial charge in [-0.1, -0.05) is 18.2 Å². The topological polar surface area (TPSA) is 92.4 Å². The largest absolute Gasteiger partial charge is 0.507 e. The van der Waals surface area contributed by atoms with Crippen molar-refractivity contribution in [2.45, 2.75) is 18.0 Å². The third-order valence-electron chi connectivity index (χ3n) is 2.90. The zero-order valence-electron chi connectivity index (χ0n) is 11.1. The van der Waals surface area contributed by atoms with Crippen molar-refractivity contribution < 1.29 is 13.5 Å². The van der Waals surface area contributed by atoms with Gasteiger partial charge in [-0.25, -0.2) is 13.6 Å². The molecule has 5 nitrogen and oxygen atoms in total. The van der Waals surface area contributed by atoms with E-state index in [0.717, 1.165) is 11.1 Å². The first-order valence-electron chi connectivity index (χ1n) is 6.16. The third kappa shape index (κ3) is 4.53. The number of hydrogen-bond acceptors (Lipinski definition) is 4. The van der Waals surface area contributed by atoms with Gasteiger partial charge in [0.15, 0.2) is 0 Å². The highest BCUT2D eigenvalue weighted by Crippen LogP contribution is 2.24. The molecule has 0 saturated carbocycles. The summed E-state index contributed by atoms with van der Waals surface area (Å²) >= 11 is 3.26. The van der Waals surface area contributed by atoms with Gasteiger partial charge in [0.1, 0.15) is 5.75 Å². The van der Waals surface area contributed by atoms with Crippen LogP contribution in [0, 0.1) is 0 Å². The molecule has 21 heavy (non-hydrogen) atoms. The quantitative estimate of drug-likeness (QED) is 0.751. The summed E-state index contributed by atoms with van der Waals surface area (Å²) < 4.78 is 23.2. The lowest BCUT2D eigenvalue weighted by molar-refractivity contribution is 0.471. The monoisotopic (exact) mass is 370 g/mol. The smallest absolute Gasteiger partial charge is 0.238 e. The van der Waals surface area contributed by atoms with E-state index in [4.69, 9.17) is 5.14 Å². The van der Waals surface area contributed by atoms with E-state index >= 15 is 0 Å². The molecule has 0 aromatic heterocycles. The molecule has 2 rings (SSSR count). The molecular formula is C14H15BrN2O3S. The average molecular weight is 371 g/mol. The number of benzene rings is 2. The predicted molar refractivity (Wildman–Crippen MR) is 84.2 cm³/mol. The van der Waals surface area contributed by atoms with Gasteiger partial charge in [-0.2, -0.15) is 0 Å². The van der Waals surface area contributed by atoms with Crippen molar-refractivity contribution in [1.82, 2.24) is 5.32 Å². The Morgan fingerprint density at radius 2 is 1.76 bits per heavy atom. The Balaban J connectivity index is 1.99. The molecule has 0 aliphatic rings. The summed E-state index contributed by atoms with van der Waals surface area (Å²) in [5.41, 5.74) is 1.83. The van der Waals surface area contributed by atoms with Crippen molar-refractivity contribution in [1.29, 1.82) is 0 Å². The number of phenolic OH excluding ortho intramolecular Hbond substituents is 1. The Kier molecular flexibility index (Phi) is 5.00. The Labute approximate surface area is 132 Å². The molecule has 2 aromatic rings. The number of rotatable bonds is 5. The number of halogens is 1. The van der Waals surface area contributed by atoms with Gasteiger partial charge in [0.2, 0.25) is 10.0 Å². The van der Waals surface area contributed by atoms with Crippen molar-refractivity contribution in [2.75, 3.05) is 0 Å². The molecule has 0 unspecified atom stereocenters. The fourth-order valence-corrected chi connectivity index (χ4v) is 2.85. The summed E-state index contributed by atoms with van der Waals surface area (Å²) in [4.78, 5) is 0.106. The summed E-state index contributed by atoms with van der Waals surface area (Å²) in [7, 11) is -3.67. The maximum absolute atomic E-state index is 11.3. The molecule has 0 radical (unpaired) electrons. The van der Waals surface area contributed by atoms with Gasteiger partial charge in [-0.15, -0.1) is 0 Å². The fourth-order valence-electron chi connectivity index (χ4n) is 1.84. The second-order valence-corrected chi connectivity index (χ2v) is 7.00. The van der Waals surface area contributed by atoms with Crippen LogP contribution in [0.4, 0.5) is 0 Å². The maximum Gasteiger partial charge on any atom is 0.238 e. The van der Waals surface area contributed by atoms with Crippen LogP contribution in [0.25, 0.3) is 0 Å². The highest BCUT2D eigenvalue weighted by molar-refractivity contribution is 9.10. The van der Waals surface area contributed by atoms with Gasteiger partial charge in [0.25, 0.3) is 0 Å². The summed E-state index contributed by atoms with van der Waals surface area (Å²) in [6.07, 6.45) is 0. The molecule has 0 aliphatic heterocycles. The molecule has 0 atom stereocenters. The lowest BCUT2D eigenvalue weighted by atomic mass is 10.2. The Bertz CT molecular complexity index is 748. The highest BCUT2D eigenvalue weighted by Gasteiger charge is 2.07. The number of sulfonamides is 1. The molecular weight excluding hydrogens is 356 g/mol. The van der Waals surface area contributed by atoms with Gasteiger partial charge in [0.05, 0.1) is 9.37 Å². The molecule has 2 aromatic carbocycles. The third-order valence-corrected chi connectivity index (χ3v) is 4.44. The van der Waals surface area contributed by atoms with Crippen molar-refractivity contribution >= 4 is 26.0 Å². The molecule has 7 heteroatoms. The predicted octanol–water partition coefficient (Wildman–Crippen LogP) is 2.09. The number of aromatic hydroxyl groups is 1. The van der Waals surface area contributed by atoms with Gasteiger partial charge in [0, 0.05) is 13.1 Å². The number of primary sulfonamides is 1. The molecule has 4 N–H and O–H groups in total. The van der Waals surface area contributed by atoms with Gasteiger partial charge in [-0.3, -0.25) is 0 Å². The van der Waals surface area contributed by atoms with Crippen LogP contribution in [0.1, 0.15) is 11.1 Å². The van der Waals surface area contributed by atoms with Gasteiger partial charge in [-0.05, 0) is 51.3 Å². The first-order valence-corrected chi connectivity index (χ1v) is 8.50. The normalized spacial score (nSPS) is 11.5. The van der Waals surface area contributed by atoms with Crippen LogP contribution >= 0.6 is 15.9 Å². The second-order valence-electron chi connectivity index (χ2n) is 4.58. The molecule has 0 aliphatic carbocycles. The summed E-state index contributed by atoms with van der Waals surface area (Å²) in [6.45, 7) is 1.11. The van der Waals surface area contributed by atoms with Crippen molar-refractivity contribution in [3.63, 3.8) is 0 Å². The molecule has 0 spiro atoms. The van der Waals surface area contributed by atoms with Crippen LogP contribution in [0.5, 0.6) is 5.75 Å². The van der Waals surface area contributed by atoms with Crippen LogP contribution in [0.15, 0.2) is 51.8 Å². The zero-order valence-corrected chi connectivity index (χ0v) is 13.5. The van der Waals surface area contributed by atoms with Gasteiger partial charge < -0.3 is 10.4 Å². The number of hydrogen-bond donors (Lipinski definition) is 3. The standard InChI is InChI=1S/C14H15BrN2O3S/c15-13-7-11(4-5-14(13)18)9-17-8-10-2-1-3-12(6-10)21(16,19)20/h1-7,17-18H,8-9H2,(H2,16,19,20). The van der Waals surface area contributed by atoms with Gasteiger partial charge >= 0.3 is 0 Å². The van der Waals surface area contributed by atoms with Crippen molar-refractivity contribution in [3.05, 3.63) is 58.1 Å². The van der Waals surface area contributed by atoms with E-state index in [0.29, 0.717) is 17.6 Å². The second kappa shape index (κ2) is 6.57. The maximum atomic E-state index is 11.3. The minimum atomic E-state index is -3.67. The lowest BCUT2D eigenvalue weighted by Gasteiger charge is -2.07. The molecule has 0 fully saturated rings. The molecule has 0 heterocycles. The number of phenols is 1. The molecule has 0 bridgehead atoms. The zero-order chi connectivity index (χ0) is 15.5. The van der Waals surface area contributed by atoms with Crippen LogP contribution in [-0.4, -0.2) is 13.5 Å². The van der Waals surface area contributed by atoms with Crippen molar-refractivity contribution in [3.8, 4) is 5.75 Å². The van der Waals surface area contributed by atoms with E-state index in [-0.39, 0.29) is 10.6 Å². The van der Waals surface area contributed by atoms with E-state index < -0.39 is 10.0 Å². The fraction of sp³-hybridized carbons (Fsp3) is 0.143. The summed E-state index contributed by atoms with van der Waals surface area (Å²) in [5.74, 6) is 0.194. The van der Waals surface area contributed by atoms with Crippen LogP contribution in [0.3, 0.4) is 0 Å². The SMILES string of the molecule is NS(=O)(=O)c1cccc(CNCc2ccc(O)c(Br)c2)c1. The van der Waals surface area contributed by atoms with E-state index in [9.17, 15) is 13.5 Å². The van der Waals surface area contributed by atoms with E-state index in [2.05, 4.69) is 21.2 Å². The summed E-state index contributed by atoms with van der Waals surface area (Å²) in [6, 6.07) is 11.8. The van der Waals surface area contributed by atoms with Crippen molar-refractivity contribution in [2.24, 2.45) is 5.14 Å². The molecule has 112 valence electrons. The minimum Gasteiger partial charge on any atom is -0.507 e. The Morgan fingerprint density at radius 1 is 1.10 bits per heavy atom. The Morgan fingerprint density at radius 3 is 2.38 bits per heavy atom. The average Bonchev–Trinajstić information content (AvgIpc) is 2.42. The van der Waals surface area contributed by atoms with Crippen LogP contribution in [0.2, 0.25) is 0 Å². The molecule has 0 amide bonds. The number of nitrogens with two attached hydrogens (primary N) is 1. The first kappa shape index (κ1) is 16.0. The van der Waals surface area contributed by atoms with E-state index in [1.807, 2.05) is 18.2 Å². The van der Waals surface area contributed by atoms with Crippen LogP contribution < -0.4 is 10.5 Å². The molecule has 0 saturated heterocycles. The Hall–Kier alpha value is -1.41. The van der Waals surface area contributed by atoms with E-state index in [1.54, 1.807) is 18.2 Å². The van der Waals surface area contributed by atoms with Crippen LogP contribution in [-0.2, 0) is 23.1 Å². The first-order chi connectivity index (χ1) is 9.86. The summed E-state index contributed by atoms with van der Waals surface area (Å²) in [5, 5.41) is 17.7. The lowest BCUT2D eigenvalue weighted by Crippen LogP contribution is -2.15. The van der Waals surface area contributed by atoms with E-state index in [1.165, 1.54) is 6.07 Å². The number of nitrogens with one attached hydrogen (secondary N) is 1.